The van der Waals surface area contributed by atoms with E-state index >= 15 is 0 Å². The molecule has 1 fully saturated rings. The number of aliphatic carboxylic acids is 1. The number of nitrogens with zero attached hydrogens (tertiary/aromatic N) is 1. The monoisotopic (exact) mass is 343 g/mol. The Morgan fingerprint density at radius 2 is 2.04 bits per heavy atom. The molecule has 0 saturated carbocycles. The van der Waals surface area contributed by atoms with E-state index in [1.807, 2.05) is 30.3 Å². The SMILES string of the molecule is Cc1oc(C(=O)N2CC[C@@](C)(C(=O)O)C2)cc1COc1ccccc1. The number of carboxylic acid groups (broad SMARTS) is 1. The summed E-state index contributed by atoms with van der Waals surface area (Å²) in [4.78, 5) is 25.5. The molecule has 0 spiro atoms. The number of amides is 1. The molecule has 1 amide bonds. The lowest BCUT2D eigenvalue weighted by Crippen LogP contribution is -2.34. The highest BCUT2D eigenvalue weighted by Gasteiger charge is 2.42. The number of carboxylic acids is 1. The molecular weight excluding hydrogens is 322 g/mol. The molecule has 1 aromatic carbocycles. The van der Waals surface area contributed by atoms with Gasteiger partial charge in [-0.2, -0.15) is 0 Å². The lowest BCUT2D eigenvalue weighted by molar-refractivity contribution is -0.147. The molecule has 1 saturated heterocycles. The minimum Gasteiger partial charge on any atom is -0.489 e. The van der Waals surface area contributed by atoms with Crippen LogP contribution < -0.4 is 4.74 Å². The van der Waals surface area contributed by atoms with Crippen molar-refractivity contribution in [1.82, 2.24) is 4.90 Å². The summed E-state index contributed by atoms with van der Waals surface area (Å²) >= 11 is 0. The minimum atomic E-state index is -0.892. The number of para-hydroxylation sites is 1. The van der Waals surface area contributed by atoms with Crippen molar-refractivity contribution >= 4 is 11.9 Å². The van der Waals surface area contributed by atoms with Gasteiger partial charge in [-0.15, -0.1) is 0 Å². The molecule has 132 valence electrons. The van der Waals surface area contributed by atoms with E-state index in [9.17, 15) is 14.7 Å². The zero-order valence-corrected chi connectivity index (χ0v) is 14.3. The fraction of sp³-hybridized carbons (Fsp3) is 0.368. The molecule has 0 aliphatic carbocycles. The summed E-state index contributed by atoms with van der Waals surface area (Å²) in [6.07, 6.45) is 0.442. The Balaban J connectivity index is 1.68. The van der Waals surface area contributed by atoms with Crippen LogP contribution in [-0.2, 0) is 11.4 Å². The molecule has 1 atom stereocenters. The molecule has 0 unspecified atom stereocenters. The van der Waals surface area contributed by atoms with Crippen LogP contribution in [0.5, 0.6) is 5.75 Å². The third kappa shape index (κ3) is 3.52. The molecular formula is C19H21NO5. The van der Waals surface area contributed by atoms with Crippen LogP contribution in [-0.4, -0.2) is 35.0 Å². The Morgan fingerprint density at radius 3 is 2.68 bits per heavy atom. The molecule has 6 nitrogen and oxygen atoms in total. The molecule has 25 heavy (non-hydrogen) atoms. The number of benzene rings is 1. The lowest BCUT2D eigenvalue weighted by Gasteiger charge is -2.19. The fourth-order valence-corrected chi connectivity index (χ4v) is 2.91. The number of ether oxygens (including phenoxy) is 1. The van der Waals surface area contributed by atoms with Crippen LogP contribution in [0.3, 0.4) is 0 Å². The van der Waals surface area contributed by atoms with E-state index < -0.39 is 11.4 Å². The Hall–Kier alpha value is -2.76. The molecule has 0 bridgehead atoms. The van der Waals surface area contributed by atoms with Crippen LogP contribution in [0.15, 0.2) is 40.8 Å². The average molecular weight is 343 g/mol. The maximum atomic E-state index is 12.6. The van der Waals surface area contributed by atoms with E-state index in [0.29, 0.717) is 25.3 Å². The third-order valence-electron chi connectivity index (χ3n) is 4.65. The van der Waals surface area contributed by atoms with Gasteiger partial charge in [-0.3, -0.25) is 9.59 Å². The number of hydrogen-bond acceptors (Lipinski definition) is 4. The van der Waals surface area contributed by atoms with E-state index in [0.717, 1.165) is 11.3 Å². The van der Waals surface area contributed by atoms with Crippen LogP contribution in [0.1, 0.15) is 35.2 Å². The van der Waals surface area contributed by atoms with Gasteiger partial charge in [0.25, 0.3) is 5.91 Å². The van der Waals surface area contributed by atoms with Crippen LogP contribution in [0.25, 0.3) is 0 Å². The summed E-state index contributed by atoms with van der Waals surface area (Å²) in [7, 11) is 0. The zero-order valence-electron chi connectivity index (χ0n) is 14.3. The van der Waals surface area contributed by atoms with E-state index in [-0.39, 0.29) is 18.2 Å². The molecule has 2 heterocycles. The number of hydrogen-bond donors (Lipinski definition) is 1. The van der Waals surface area contributed by atoms with Crippen molar-refractivity contribution in [1.29, 1.82) is 0 Å². The first kappa shape index (κ1) is 17.1. The predicted octanol–water partition coefficient (Wildman–Crippen LogP) is 3.10. The first-order valence-corrected chi connectivity index (χ1v) is 8.19. The minimum absolute atomic E-state index is 0.191. The number of rotatable bonds is 5. The van der Waals surface area contributed by atoms with Crippen molar-refractivity contribution in [3.05, 3.63) is 53.5 Å². The normalized spacial score (nSPS) is 19.8. The number of aryl methyl sites for hydroxylation is 1. The van der Waals surface area contributed by atoms with E-state index in [4.69, 9.17) is 9.15 Å². The van der Waals surface area contributed by atoms with Gasteiger partial charge in [0.1, 0.15) is 18.1 Å². The van der Waals surface area contributed by atoms with E-state index in [2.05, 4.69) is 0 Å². The summed E-state index contributed by atoms with van der Waals surface area (Å²) < 4.78 is 11.3. The van der Waals surface area contributed by atoms with Gasteiger partial charge in [0, 0.05) is 18.7 Å². The summed E-state index contributed by atoms with van der Waals surface area (Å²) in [5.74, 6) is 0.431. The fourth-order valence-electron chi connectivity index (χ4n) is 2.91. The number of carbonyl (C=O) groups is 2. The second-order valence-corrected chi connectivity index (χ2v) is 6.64. The molecule has 0 radical (unpaired) electrons. The number of carbonyl (C=O) groups excluding carboxylic acids is 1. The van der Waals surface area contributed by atoms with Crippen LogP contribution in [0, 0.1) is 12.3 Å². The Morgan fingerprint density at radius 1 is 1.32 bits per heavy atom. The molecule has 1 aromatic heterocycles. The van der Waals surface area contributed by atoms with Crippen molar-refractivity contribution in [2.45, 2.75) is 26.9 Å². The Kier molecular flexibility index (Phi) is 4.53. The van der Waals surface area contributed by atoms with E-state index in [1.165, 1.54) is 4.90 Å². The van der Waals surface area contributed by atoms with Gasteiger partial charge in [-0.25, -0.2) is 0 Å². The highest BCUT2D eigenvalue weighted by Crippen LogP contribution is 2.31. The lowest BCUT2D eigenvalue weighted by atomic mass is 9.90. The highest BCUT2D eigenvalue weighted by molar-refractivity contribution is 5.92. The largest absolute Gasteiger partial charge is 0.489 e. The Labute approximate surface area is 146 Å². The molecule has 1 aliphatic heterocycles. The van der Waals surface area contributed by atoms with Crippen molar-refractivity contribution in [2.75, 3.05) is 13.1 Å². The highest BCUT2D eigenvalue weighted by atomic mass is 16.5. The maximum absolute atomic E-state index is 12.6. The predicted molar refractivity (Wildman–Crippen MR) is 90.5 cm³/mol. The first-order chi connectivity index (χ1) is 11.9. The van der Waals surface area contributed by atoms with Crippen molar-refractivity contribution in [3.8, 4) is 5.75 Å². The van der Waals surface area contributed by atoms with Gasteiger partial charge >= 0.3 is 5.97 Å². The van der Waals surface area contributed by atoms with Gasteiger partial charge in [0.15, 0.2) is 5.76 Å². The quantitative estimate of drug-likeness (QED) is 0.902. The summed E-state index contributed by atoms with van der Waals surface area (Å²) in [6.45, 7) is 4.36. The maximum Gasteiger partial charge on any atom is 0.311 e. The molecule has 2 aromatic rings. The summed E-state index contributed by atoms with van der Waals surface area (Å²) in [5, 5.41) is 9.29. The van der Waals surface area contributed by atoms with Gasteiger partial charge in [0.05, 0.1) is 5.41 Å². The first-order valence-electron chi connectivity index (χ1n) is 8.19. The molecule has 3 rings (SSSR count). The second-order valence-electron chi connectivity index (χ2n) is 6.64. The van der Waals surface area contributed by atoms with Crippen LogP contribution in [0.2, 0.25) is 0 Å². The molecule has 6 heteroatoms. The van der Waals surface area contributed by atoms with Gasteiger partial charge in [-0.1, -0.05) is 18.2 Å². The van der Waals surface area contributed by atoms with Crippen molar-refractivity contribution < 1.29 is 23.8 Å². The topological polar surface area (TPSA) is 80.0 Å². The van der Waals surface area contributed by atoms with Crippen LogP contribution in [0.4, 0.5) is 0 Å². The standard InChI is InChI=1S/C19H21NO5/c1-13-14(11-24-15-6-4-3-5-7-15)10-16(25-13)17(21)20-9-8-19(2,12-20)18(22)23/h3-7,10H,8-9,11-12H2,1-2H3,(H,22,23)/t19-/m1/s1. The Bertz CT molecular complexity index is 782. The smallest absolute Gasteiger partial charge is 0.311 e. The number of likely N-dealkylation sites (tertiary alicyclic amines) is 1. The zero-order chi connectivity index (χ0) is 18.0. The average Bonchev–Trinajstić information content (AvgIpc) is 3.18. The second kappa shape index (κ2) is 6.63. The van der Waals surface area contributed by atoms with Gasteiger partial charge in [0.2, 0.25) is 0 Å². The van der Waals surface area contributed by atoms with Gasteiger partial charge in [-0.05, 0) is 38.5 Å². The van der Waals surface area contributed by atoms with E-state index in [1.54, 1.807) is 19.9 Å². The molecule has 1 aliphatic rings. The van der Waals surface area contributed by atoms with Gasteiger partial charge < -0.3 is 19.2 Å². The molecule has 1 N–H and O–H groups in total. The van der Waals surface area contributed by atoms with Crippen LogP contribution >= 0.6 is 0 Å². The van der Waals surface area contributed by atoms with Crippen molar-refractivity contribution in [3.63, 3.8) is 0 Å². The summed E-state index contributed by atoms with van der Waals surface area (Å²) in [5.41, 5.74) is -0.0938. The third-order valence-corrected chi connectivity index (χ3v) is 4.65. The van der Waals surface area contributed by atoms with Crippen molar-refractivity contribution in [2.24, 2.45) is 5.41 Å². The number of furan rings is 1. The summed E-state index contributed by atoms with van der Waals surface area (Å²) in [6, 6.07) is 11.1.